The molecule has 0 N–H and O–H groups in total. The Bertz CT molecular complexity index is 579. The third-order valence-corrected chi connectivity index (χ3v) is 9.05. The first kappa shape index (κ1) is 16.5. The van der Waals surface area contributed by atoms with Gasteiger partial charge in [0.05, 0.1) is 4.90 Å². The van der Waals surface area contributed by atoms with Gasteiger partial charge in [0.15, 0.2) is 5.82 Å². The second-order valence-electron chi connectivity index (χ2n) is 5.89. The van der Waals surface area contributed by atoms with Crippen LogP contribution in [0.15, 0.2) is 23.1 Å². The lowest BCUT2D eigenvalue weighted by molar-refractivity contribution is 0.455. The zero-order valence-corrected chi connectivity index (χ0v) is 14.2. The highest BCUT2D eigenvalue weighted by molar-refractivity contribution is 8.13. The minimum atomic E-state index is -3.93. The lowest BCUT2D eigenvalue weighted by atomic mass is 10.2. The van der Waals surface area contributed by atoms with Crippen LogP contribution in [0.3, 0.4) is 0 Å². The zero-order chi connectivity index (χ0) is 15.1. The van der Waals surface area contributed by atoms with E-state index in [0.717, 1.165) is 6.07 Å². The fourth-order valence-corrected chi connectivity index (χ4v) is 2.93. The van der Waals surface area contributed by atoms with Crippen LogP contribution in [0.4, 0.5) is 4.39 Å². The molecule has 0 unspecified atom stereocenters. The summed E-state index contributed by atoms with van der Waals surface area (Å²) in [4.78, 5) is -0.269. The molecular weight excluding hydrogens is 307 g/mol. The number of hydrogen-bond acceptors (Lipinski definition) is 3. The second-order valence-corrected chi connectivity index (χ2v) is 13.2. The molecular formula is C12H18ClFO3SSi. The van der Waals surface area contributed by atoms with E-state index in [1.165, 1.54) is 12.1 Å². The van der Waals surface area contributed by atoms with Crippen molar-refractivity contribution >= 4 is 28.1 Å². The summed E-state index contributed by atoms with van der Waals surface area (Å²) in [7, 11) is -0.927. The van der Waals surface area contributed by atoms with Gasteiger partial charge in [-0.2, -0.15) is 0 Å². The maximum absolute atomic E-state index is 13.9. The molecule has 3 nitrogen and oxygen atoms in total. The molecule has 19 heavy (non-hydrogen) atoms. The van der Waals surface area contributed by atoms with Crippen LogP contribution in [0.25, 0.3) is 0 Å². The number of benzene rings is 1. The van der Waals surface area contributed by atoms with Gasteiger partial charge in [-0.3, -0.25) is 0 Å². The van der Waals surface area contributed by atoms with Crippen LogP contribution in [-0.4, -0.2) is 16.7 Å². The second kappa shape index (κ2) is 5.07. The summed E-state index contributed by atoms with van der Waals surface area (Å²) in [6.07, 6.45) is 0. The molecule has 7 heteroatoms. The van der Waals surface area contributed by atoms with E-state index < -0.39 is 23.2 Å². The van der Waals surface area contributed by atoms with E-state index >= 15 is 0 Å². The van der Waals surface area contributed by atoms with Gasteiger partial charge < -0.3 is 4.43 Å². The Balaban J connectivity index is 3.13. The Morgan fingerprint density at radius 3 is 2.16 bits per heavy atom. The first-order chi connectivity index (χ1) is 8.34. The summed E-state index contributed by atoms with van der Waals surface area (Å²) in [6.45, 7) is 10.1. The van der Waals surface area contributed by atoms with Crippen LogP contribution < -0.4 is 4.43 Å². The summed E-state index contributed by atoms with van der Waals surface area (Å²) in [5, 5.41) is -0.0727. The average molecular weight is 325 g/mol. The standard InChI is InChI=1S/C12H18ClFO3SSi/c1-12(2,3)19(4,5)17-11-7-6-9(8-10(11)14)18(13,15)16/h6-8H,1-5H3. The van der Waals surface area contributed by atoms with Gasteiger partial charge in [0.2, 0.25) is 0 Å². The van der Waals surface area contributed by atoms with E-state index in [0.29, 0.717) is 0 Å². The number of hydrogen-bond donors (Lipinski definition) is 0. The van der Waals surface area contributed by atoms with Crippen LogP contribution in [0.2, 0.25) is 18.1 Å². The monoisotopic (exact) mass is 324 g/mol. The van der Waals surface area contributed by atoms with E-state index in [4.69, 9.17) is 15.1 Å². The van der Waals surface area contributed by atoms with Crippen molar-refractivity contribution in [3.63, 3.8) is 0 Å². The fourth-order valence-electron chi connectivity index (χ4n) is 1.14. The van der Waals surface area contributed by atoms with Crippen molar-refractivity contribution in [2.75, 3.05) is 0 Å². The Kier molecular flexibility index (Phi) is 4.39. The van der Waals surface area contributed by atoms with Crippen molar-refractivity contribution in [3.05, 3.63) is 24.0 Å². The first-order valence-corrected chi connectivity index (χ1v) is 11.0. The zero-order valence-electron chi connectivity index (χ0n) is 11.6. The van der Waals surface area contributed by atoms with E-state index in [9.17, 15) is 12.8 Å². The van der Waals surface area contributed by atoms with Gasteiger partial charge in [-0.05, 0) is 36.3 Å². The molecule has 0 aliphatic rings. The van der Waals surface area contributed by atoms with Crippen LogP contribution in [0.5, 0.6) is 5.75 Å². The minimum Gasteiger partial charge on any atom is -0.542 e. The highest BCUT2D eigenvalue weighted by Gasteiger charge is 2.39. The maximum atomic E-state index is 13.9. The van der Waals surface area contributed by atoms with Crippen molar-refractivity contribution in [1.82, 2.24) is 0 Å². The Labute approximate surface area is 119 Å². The lowest BCUT2D eigenvalue weighted by Crippen LogP contribution is -2.44. The smallest absolute Gasteiger partial charge is 0.261 e. The Morgan fingerprint density at radius 1 is 1.26 bits per heavy atom. The summed E-state index contributed by atoms with van der Waals surface area (Å²) in [6, 6.07) is 3.43. The van der Waals surface area contributed by atoms with Crippen LogP contribution in [-0.2, 0) is 9.05 Å². The predicted octanol–water partition coefficient (Wildman–Crippen LogP) is 4.14. The first-order valence-electron chi connectivity index (χ1n) is 5.78. The van der Waals surface area contributed by atoms with E-state index in [1.807, 2.05) is 33.9 Å². The van der Waals surface area contributed by atoms with Crippen molar-refractivity contribution in [2.24, 2.45) is 0 Å². The van der Waals surface area contributed by atoms with Gasteiger partial charge in [-0.15, -0.1) is 0 Å². The predicted molar refractivity (Wildman–Crippen MR) is 77.3 cm³/mol. The van der Waals surface area contributed by atoms with Gasteiger partial charge in [0.25, 0.3) is 17.4 Å². The molecule has 1 aromatic rings. The molecule has 0 atom stereocenters. The molecule has 1 rings (SSSR count). The van der Waals surface area contributed by atoms with Crippen molar-refractivity contribution in [1.29, 1.82) is 0 Å². The average Bonchev–Trinajstić information content (AvgIpc) is 2.17. The fraction of sp³-hybridized carbons (Fsp3) is 0.500. The molecule has 0 fully saturated rings. The maximum Gasteiger partial charge on any atom is 0.261 e. The summed E-state index contributed by atoms with van der Waals surface area (Å²) in [5.74, 6) is -0.651. The van der Waals surface area contributed by atoms with Crippen molar-refractivity contribution in [3.8, 4) is 5.75 Å². The van der Waals surface area contributed by atoms with Gasteiger partial charge in [-0.1, -0.05) is 20.8 Å². The third kappa shape index (κ3) is 3.93. The minimum absolute atomic E-state index is 0.0654. The van der Waals surface area contributed by atoms with Crippen molar-refractivity contribution in [2.45, 2.75) is 43.8 Å². The van der Waals surface area contributed by atoms with Crippen LogP contribution >= 0.6 is 10.7 Å². The molecule has 0 radical (unpaired) electrons. The van der Waals surface area contributed by atoms with Gasteiger partial charge in [-0.25, -0.2) is 12.8 Å². The normalized spacial score (nSPS) is 13.4. The molecule has 108 valence electrons. The number of rotatable bonds is 3. The van der Waals surface area contributed by atoms with Crippen LogP contribution in [0.1, 0.15) is 20.8 Å². The molecule has 0 heterocycles. The third-order valence-electron chi connectivity index (χ3n) is 3.36. The molecule has 0 saturated carbocycles. The van der Waals surface area contributed by atoms with E-state index in [1.54, 1.807) is 0 Å². The van der Waals surface area contributed by atoms with Gasteiger partial charge in [0.1, 0.15) is 5.75 Å². The van der Waals surface area contributed by atoms with E-state index in [2.05, 4.69) is 0 Å². The molecule has 0 aliphatic heterocycles. The lowest BCUT2D eigenvalue weighted by Gasteiger charge is -2.36. The van der Waals surface area contributed by atoms with Crippen LogP contribution in [0, 0.1) is 5.82 Å². The highest BCUT2D eigenvalue weighted by Crippen LogP contribution is 2.38. The SMILES string of the molecule is CC(C)(C)[Si](C)(C)Oc1ccc(S(=O)(=O)Cl)cc1F. The molecule has 0 spiro atoms. The molecule has 0 aliphatic carbocycles. The molecule has 0 bridgehead atoms. The molecule has 0 aromatic heterocycles. The van der Waals surface area contributed by atoms with Gasteiger partial charge in [0, 0.05) is 10.7 Å². The van der Waals surface area contributed by atoms with Gasteiger partial charge >= 0.3 is 0 Å². The number of halogens is 2. The Hall–Kier alpha value is -0.593. The van der Waals surface area contributed by atoms with Crippen molar-refractivity contribution < 1.29 is 17.2 Å². The summed E-state index contributed by atoms with van der Waals surface area (Å²) in [5.41, 5.74) is 0. The molecule has 0 amide bonds. The quantitative estimate of drug-likeness (QED) is 0.620. The van der Waals surface area contributed by atoms with E-state index in [-0.39, 0.29) is 15.7 Å². The molecule has 0 saturated heterocycles. The highest BCUT2D eigenvalue weighted by atomic mass is 35.7. The summed E-state index contributed by atoms with van der Waals surface area (Å²) >= 11 is 0. The largest absolute Gasteiger partial charge is 0.542 e. The molecule has 1 aromatic carbocycles. The Morgan fingerprint density at radius 2 is 1.79 bits per heavy atom. The summed E-state index contributed by atoms with van der Waals surface area (Å²) < 4.78 is 41.9. The topological polar surface area (TPSA) is 43.4 Å².